The monoisotopic (exact) mass is 277 g/mol. The maximum absolute atomic E-state index is 11.4. The molecule has 0 aliphatic rings. The van der Waals surface area contributed by atoms with Crippen molar-refractivity contribution in [3.05, 3.63) is 41.0 Å². The maximum atomic E-state index is 11.4. The summed E-state index contributed by atoms with van der Waals surface area (Å²) in [5, 5.41) is 0. The smallest absolute Gasteiger partial charge is 0.151 e. The van der Waals surface area contributed by atoms with Crippen LogP contribution in [0.15, 0.2) is 18.5 Å². The van der Waals surface area contributed by atoms with Crippen LogP contribution in [0.3, 0.4) is 0 Å². The molecule has 1 aromatic carbocycles. The largest absolute Gasteiger partial charge is 0.496 e. The Balaban J connectivity index is 2.72. The minimum atomic E-state index is 0.371. The normalized spacial score (nSPS) is 10.3. The molecule has 0 aliphatic carbocycles. The Labute approximate surface area is 114 Å². The van der Waals surface area contributed by atoms with Gasteiger partial charge in [0.05, 0.1) is 7.11 Å². The second-order valence-corrected chi connectivity index (χ2v) is 4.74. The van der Waals surface area contributed by atoms with E-state index in [2.05, 4.69) is 9.97 Å². The molecule has 2 rings (SSSR count). The van der Waals surface area contributed by atoms with Crippen LogP contribution in [0.2, 0.25) is 0 Å². The van der Waals surface area contributed by atoms with E-state index in [0.29, 0.717) is 33.2 Å². The number of aromatic nitrogens is 2. The Morgan fingerprint density at radius 2 is 2.21 bits per heavy atom. The summed E-state index contributed by atoms with van der Waals surface area (Å²) in [5.41, 5.74) is 9.07. The minimum Gasteiger partial charge on any atom is -0.496 e. The number of hydrogen-bond acceptors (Lipinski definition) is 4. The van der Waals surface area contributed by atoms with Crippen molar-refractivity contribution in [1.29, 1.82) is 0 Å². The van der Waals surface area contributed by atoms with E-state index in [1.807, 2.05) is 13.8 Å². The number of ether oxygens (including phenoxy) is 1. The molecule has 2 aromatic rings. The number of nitrogens with two attached hydrogens (primary N) is 1. The van der Waals surface area contributed by atoms with E-state index in [1.54, 1.807) is 25.6 Å². The zero-order valence-corrected chi connectivity index (χ0v) is 11.8. The highest BCUT2D eigenvalue weighted by atomic mass is 32.1. The maximum Gasteiger partial charge on any atom is 0.151 e. The number of nitrogens with zero attached hydrogens (tertiary/aromatic N) is 1. The van der Waals surface area contributed by atoms with E-state index in [1.165, 1.54) is 0 Å². The lowest BCUT2D eigenvalue weighted by atomic mass is 9.98. The number of rotatable bonds is 3. The number of aromatic amines is 1. The average molecular weight is 277 g/mol. The van der Waals surface area contributed by atoms with Gasteiger partial charge in [-0.25, -0.2) is 9.19 Å². The molecule has 1 heterocycles. The fourth-order valence-corrected chi connectivity index (χ4v) is 2.75. The Bertz CT molecular complexity index is 659. The topological polar surface area (TPSA) is 81.0 Å². The summed E-state index contributed by atoms with van der Waals surface area (Å²) in [7, 11) is 1.60. The molecular formula is C13H15N3O2S. The van der Waals surface area contributed by atoms with E-state index in [0.717, 1.165) is 16.9 Å². The molecule has 100 valence electrons. The van der Waals surface area contributed by atoms with Gasteiger partial charge in [0, 0.05) is 29.2 Å². The van der Waals surface area contributed by atoms with Crippen LogP contribution in [0.5, 0.6) is 5.75 Å². The molecule has 0 radical (unpaired) electrons. The number of anilines is 1. The quantitative estimate of drug-likeness (QED) is 0.505. The van der Waals surface area contributed by atoms with Crippen LogP contribution in [0, 0.1) is 13.8 Å². The van der Waals surface area contributed by atoms with E-state index in [4.69, 9.17) is 10.5 Å². The van der Waals surface area contributed by atoms with Crippen molar-refractivity contribution in [2.45, 2.75) is 13.8 Å². The molecule has 6 heteroatoms. The van der Waals surface area contributed by atoms with Crippen molar-refractivity contribution >= 4 is 21.8 Å². The standard InChI is InChI=1S/C13H15N3O2S/c1-7-6-9(14)10(8(2)11(7)18-3)12(19-17)13-15-4-5-16-13/h4-6H,14H2,1-3H3,(H,15,16). The highest BCUT2D eigenvalue weighted by Crippen LogP contribution is 2.31. The zero-order chi connectivity index (χ0) is 14.0. The molecule has 5 nitrogen and oxygen atoms in total. The molecule has 0 bridgehead atoms. The number of nitrogen functional groups attached to an aromatic ring is 1. The summed E-state index contributed by atoms with van der Waals surface area (Å²) in [5.74, 6) is 1.25. The van der Waals surface area contributed by atoms with Crippen molar-refractivity contribution in [1.82, 2.24) is 9.97 Å². The Hall–Kier alpha value is -2.08. The number of methoxy groups -OCH3 is 1. The molecule has 0 unspecified atom stereocenters. The third kappa shape index (κ3) is 2.26. The number of nitrogens with one attached hydrogen (secondary N) is 1. The van der Waals surface area contributed by atoms with E-state index in [9.17, 15) is 4.21 Å². The average Bonchev–Trinajstić information content (AvgIpc) is 2.88. The highest BCUT2D eigenvalue weighted by molar-refractivity contribution is 7.67. The third-order valence-corrected chi connectivity index (χ3v) is 3.53. The number of imidazole rings is 1. The van der Waals surface area contributed by atoms with Crippen molar-refractivity contribution in [3.8, 4) is 5.75 Å². The summed E-state index contributed by atoms with van der Waals surface area (Å²) in [6, 6.07) is 1.81. The molecule has 0 saturated heterocycles. The van der Waals surface area contributed by atoms with Crippen LogP contribution in [0.1, 0.15) is 22.5 Å². The molecule has 0 fully saturated rings. The number of hydrogen-bond donors (Lipinski definition) is 2. The molecular weight excluding hydrogens is 262 g/mol. The van der Waals surface area contributed by atoms with E-state index >= 15 is 0 Å². The van der Waals surface area contributed by atoms with Gasteiger partial charge in [0.2, 0.25) is 0 Å². The van der Waals surface area contributed by atoms with Gasteiger partial charge in [0.1, 0.15) is 21.9 Å². The Morgan fingerprint density at radius 3 is 2.74 bits per heavy atom. The number of H-pyrrole nitrogens is 1. The van der Waals surface area contributed by atoms with Crippen molar-refractivity contribution in [3.63, 3.8) is 0 Å². The third-order valence-electron chi connectivity index (χ3n) is 2.96. The van der Waals surface area contributed by atoms with Gasteiger partial charge < -0.3 is 15.5 Å². The predicted molar refractivity (Wildman–Crippen MR) is 76.8 cm³/mol. The first-order valence-corrected chi connectivity index (χ1v) is 6.44. The van der Waals surface area contributed by atoms with Crippen LogP contribution in [0.4, 0.5) is 5.69 Å². The Kier molecular flexibility index (Phi) is 3.71. The van der Waals surface area contributed by atoms with Crippen molar-refractivity contribution in [2.24, 2.45) is 0 Å². The second-order valence-electron chi connectivity index (χ2n) is 4.17. The van der Waals surface area contributed by atoms with Gasteiger partial charge in [-0.1, -0.05) is 0 Å². The fourth-order valence-electron chi connectivity index (χ4n) is 2.20. The summed E-state index contributed by atoms with van der Waals surface area (Å²) in [4.78, 5) is 7.51. The lowest BCUT2D eigenvalue weighted by Crippen LogP contribution is -2.12. The number of aryl methyl sites for hydroxylation is 1. The molecule has 3 N–H and O–H groups in total. The first kappa shape index (κ1) is 13.4. The van der Waals surface area contributed by atoms with Gasteiger partial charge in [-0.3, -0.25) is 0 Å². The van der Waals surface area contributed by atoms with Crippen LogP contribution < -0.4 is 10.5 Å². The van der Waals surface area contributed by atoms with Gasteiger partial charge >= 0.3 is 0 Å². The summed E-state index contributed by atoms with van der Waals surface area (Å²) in [6.45, 7) is 3.81. The molecule has 0 atom stereocenters. The molecule has 0 aliphatic heterocycles. The fraction of sp³-hybridized carbons (Fsp3) is 0.231. The van der Waals surface area contributed by atoms with Crippen LogP contribution in [-0.2, 0) is 11.3 Å². The van der Waals surface area contributed by atoms with Crippen LogP contribution in [0.25, 0.3) is 0 Å². The van der Waals surface area contributed by atoms with Gasteiger partial charge in [0.25, 0.3) is 0 Å². The highest BCUT2D eigenvalue weighted by Gasteiger charge is 2.19. The summed E-state index contributed by atoms with van der Waals surface area (Å²) >= 11 is 0.371. The first-order chi connectivity index (χ1) is 9.10. The molecule has 19 heavy (non-hydrogen) atoms. The zero-order valence-electron chi connectivity index (χ0n) is 11.0. The van der Waals surface area contributed by atoms with Gasteiger partial charge in [-0.2, -0.15) is 0 Å². The summed E-state index contributed by atoms with van der Waals surface area (Å²) in [6.07, 6.45) is 3.27. The van der Waals surface area contributed by atoms with E-state index < -0.39 is 0 Å². The van der Waals surface area contributed by atoms with Crippen molar-refractivity contribution < 1.29 is 8.95 Å². The SMILES string of the molecule is COc1c(C)cc(N)c(C(=S=O)c2ncc[nH]2)c1C. The molecule has 1 aromatic heterocycles. The van der Waals surface area contributed by atoms with Crippen LogP contribution in [-0.4, -0.2) is 26.2 Å². The molecule has 0 saturated carbocycles. The molecule has 0 amide bonds. The van der Waals surface area contributed by atoms with E-state index in [-0.39, 0.29) is 0 Å². The first-order valence-electron chi connectivity index (χ1n) is 5.70. The van der Waals surface area contributed by atoms with Gasteiger partial charge in [0.15, 0.2) is 5.82 Å². The molecule has 0 spiro atoms. The van der Waals surface area contributed by atoms with Gasteiger partial charge in [-0.05, 0) is 25.5 Å². The lowest BCUT2D eigenvalue weighted by molar-refractivity contribution is 0.408. The summed E-state index contributed by atoms with van der Waals surface area (Å²) < 4.78 is 16.8. The lowest BCUT2D eigenvalue weighted by Gasteiger charge is -2.15. The minimum absolute atomic E-state index is 0.371. The van der Waals surface area contributed by atoms with Crippen LogP contribution >= 0.6 is 0 Å². The second kappa shape index (κ2) is 5.27. The van der Waals surface area contributed by atoms with Gasteiger partial charge in [-0.15, -0.1) is 0 Å². The number of benzene rings is 1. The predicted octanol–water partition coefficient (Wildman–Crippen LogP) is 1.40. The van der Waals surface area contributed by atoms with Crippen molar-refractivity contribution in [2.75, 3.05) is 12.8 Å². The Morgan fingerprint density at radius 1 is 1.47 bits per heavy atom.